The van der Waals surface area contributed by atoms with Crippen LogP contribution in [0.5, 0.6) is 0 Å². The first kappa shape index (κ1) is 14.5. The van der Waals surface area contributed by atoms with Gasteiger partial charge in [-0.3, -0.25) is 0 Å². The van der Waals surface area contributed by atoms with Crippen molar-refractivity contribution in [3.05, 3.63) is 24.3 Å². The maximum absolute atomic E-state index is 3.97. The second-order valence-electron chi connectivity index (χ2n) is 5.46. The summed E-state index contributed by atoms with van der Waals surface area (Å²) in [7, 11) is 0. The van der Waals surface area contributed by atoms with Gasteiger partial charge in [-0.2, -0.15) is 0 Å². The van der Waals surface area contributed by atoms with Gasteiger partial charge in [-0.15, -0.1) is 6.58 Å². The van der Waals surface area contributed by atoms with Gasteiger partial charge in [0.1, 0.15) is 0 Å². The molecule has 0 aromatic rings. The Labute approximate surface area is 96.5 Å². The van der Waals surface area contributed by atoms with E-state index in [0.29, 0.717) is 0 Å². The van der Waals surface area contributed by atoms with Crippen molar-refractivity contribution in [3.63, 3.8) is 0 Å². The van der Waals surface area contributed by atoms with Gasteiger partial charge in [0.05, 0.1) is 0 Å². The molecule has 0 fully saturated rings. The van der Waals surface area contributed by atoms with Crippen LogP contribution in [0.3, 0.4) is 0 Å². The minimum absolute atomic E-state index is 0.723. The molecule has 0 saturated heterocycles. The van der Waals surface area contributed by atoms with Crippen molar-refractivity contribution < 1.29 is 0 Å². The summed E-state index contributed by atoms with van der Waals surface area (Å²) in [5, 5.41) is 0. The summed E-state index contributed by atoms with van der Waals surface area (Å²) in [6.07, 6.45) is 8.38. The quantitative estimate of drug-likeness (QED) is 0.503. The van der Waals surface area contributed by atoms with Crippen LogP contribution >= 0.6 is 0 Å². The summed E-state index contributed by atoms with van der Waals surface area (Å²) in [6, 6.07) is 0. The topological polar surface area (TPSA) is 0 Å². The Morgan fingerprint density at radius 1 is 1.20 bits per heavy atom. The predicted octanol–water partition coefficient (Wildman–Crippen LogP) is 5.22. The van der Waals surface area contributed by atoms with Gasteiger partial charge in [0, 0.05) is 0 Å². The fourth-order valence-electron chi connectivity index (χ4n) is 1.59. The van der Waals surface area contributed by atoms with Crippen molar-refractivity contribution in [2.24, 2.45) is 17.8 Å². The van der Waals surface area contributed by atoms with E-state index >= 15 is 0 Å². The molecule has 0 radical (unpaired) electrons. The Morgan fingerprint density at radius 2 is 1.80 bits per heavy atom. The Morgan fingerprint density at radius 3 is 2.20 bits per heavy atom. The molecule has 0 heteroatoms. The van der Waals surface area contributed by atoms with Crippen molar-refractivity contribution in [1.29, 1.82) is 0 Å². The maximum atomic E-state index is 3.97. The van der Waals surface area contributed by atoms with Crippen LogP contribution in [0.4, 0.5) is 0 Å². The van der Waals surface area contributed by atoms with Crippen LogP contribution in [0, 0.1) is 17.8 Å². The molecule has 1 atom stereocenters. The summed E-state index contributed by atoms with van der Waals surface area (Å²) in [6.45, 7) is 15.2. The lowest BCUT2D eigenvalue weighted by atomic mass is 9.89. The van der Waals surface area contributed by atoms with Gasteiger partial charge < -0.3 is 0 Å². The highest BCUT2D eigenvalue weighted by atomic mass is 14.1. The summed E-state index contributed by atoms with van der Waals surface area (Å²) < 4.78 is 0. The van der Waals surface area contributed by atoms with E-state index in [1.54, 1.807) is 0 Å². The van der Waals surface area contributed by atoms with E-state index in [4.69, 9.17) is 0 Å². The fraction of sp³-hybridized carbons (Fsp3) is 0.733. The van der Waals surface area contributed by atoms with Crippen LogP contribution in [-0.2, 0) is 0 Å². The van der Waals surface area contributed by atoms with E-state index in [-0.39, 0.29) is 0 Å². The van der Waals surface area contributed by atoms with E-state index < -0.39 is 0 Å². The molecule has 0 heterocycles. The summed E-state index contributed by atoms with van der Waals surface area (Å²) in [5.41, 5.74) is 1.30. The monoisotopic (exact) mass is 208 g/mol. The lowest BCUT2D eigenvalue weighted by molar-refractivity contribution is 0.434. The van der Waals surface area contributed by atoms with E-state index in [9.17, 15) is 0 Å². The van der Waals surface area contributed by atoms with Crippen molar-refractivity contribution in [2.45, 2.75) is 53.9 Å². The smallest absolute Gasteiger partial charge is 0.0207 e. The largest absolute Gasteiger partial charge is 0.100 e. The molecule has 0 aromatic carbocycles. The number of rotatable bonds is 7. The van der Waals surface area contributed by atoms with E-state index in [0.717, 1.165) is 24.2 Å². The lowest BCUT2D eigenvalue weighted by Gasteiger charge is -2.17. The first-order valence-electron chi connectivity index (χ1n) is 6.24. The summed E-state index contributed by atoms with van der Waals surface area (Å²) >= 11 is 0. The molecule has 0 bridgehead atoms. The molecule has 0 N–H and O–H groups in total. The van der Waals surface area contributed by atoms with Crippen LogP contribution in [0.2, 0.25) is 0 Å². The van der Waals surface area contributed by atoms with Crippen LogP contribution in [0.1, 0.15) is 53.9 Å². The molecule has 0 spiro atoms. The van der Waals surface area contributed by atoms with Gasteiger partial charge in [0.2, 0.25) is 0 Å². The zero-order valence-corrected chi connectivity index (χ0v) is 11.2. The fourth-order valence-corrected chi connectivity index (χ4v) is 1.59. The molecule has 0 rings (SSSR count). The van der Waals surface area contributed by atoms with Crippen molar-refractivity contribution in [3.8, 4) is 0 Å². The van der Waals surface area contributed by atoms with Crippen molar-refractivity contribution in [1.82, 2.24) is 0 Å². The zero-order chi connectivity index (χ0) is 11.8. The molecule has 0 aliphatic carbocycles. The molecule has 0 aliphatic heterocycles. The molecule has 0 amide bonds. The van der Waals surface area contributed by atoms with Crippen molar-refractivity contribution >= 4 is 0 Å². The Bertz CT molecular complexity index is 196. The molecule has 0 saturated carbocycles. The van der Waals surface area contributed by atoms with Gasteiger partial charge in [0.25, 0.3) is 0 Å². The second-order valence-corrected chi connectivity index (χ2v) is 5.46. The normalized spacial score (nSPS) is 14.1. The average Bonchev–Trinajstić information content (AvgIpc) is 2.09. The van der Waals surface area contributed by atoms with Gasteiger partial charge >= 0.3 is 0 Å². The highest BCUT2D eigenvalue weighted by Gasteiger charge is 2.09. The first-order chi connectivity index (χ1) is 6.93. The zero-order valence-electron chi connectivity index (χ0n) is 11.2. The molecular weight excluding hydrogens is 180 g/mol. The highest BCUT2D eigenvalue weighted by Crippen LogP contribution is 2.21. The third-order valence-electron chi connectivity index (χ3n) is 2.75. The van der Waals surface area contributed by atoms with Gasteiger partial charge in [-0.1, -0.05) is 45.4 Å². The standard InChI is InChI=1S/C15H28/c1-12(2)8-7-9-15(14(5)6)11-10-13(3)4/h7,9,12,14-15H,3,8,10-11H2,1-2,4-6H3. The molecule has 15 heavy (non-hydrogen) atoms. The molecule has 0 nitrogen and oxygen atoms in total. The molecular formula is C15H28. The van der Waals surface area contributed by atoms with E-state index in [1.807, 2.05) is 0 Å². The van der Waals surface area contributed by atoms with Crippen LogP contribution < -0.4 is 0 Å². The Hall–Kier alpha value is -0.520. The van der Waals surface area contributed by atoms with E-state index in [1.165, 1.54) is 18.4 Å². The van der Waals surface area contributed by atoms with E-state index in [2.05, 4.69) is 53.3 Å². The maximum Gasteiger partial charge on any atom is -0.0207 e. The van der Waals surface area contributed by atoms with Gasteiger partial charge in [0.15, 0.2) is 0 Å². The second kappa shape index (κ2) is 7.73. The average molecular weight is 208 g/mol. The first-order valence-corrected chi connectivity index (χ1v) is 6.24. The minimum atomic E-state index is 0.723. The minimum Gasteiger partial charge on any atom is -0.100 e. The third-order valence-corrected chi connectivity index (χ3v) is 2.75. The summed E-state index contributed by atoms with van der Waals surface area (Å²) in [5.74, 6) is 2.24. The van der Waals surface area contributed by atoms with Gasteiger partial charge in [-0.25, -0.2) is 0 Å². The number of hydrogen-bond acceptors (Lipinski definition) is 0. The number of hydrogen-bond donors (Lipinski definition) is 0. The highest BCUT2D eigenvalue weighted by molar-refractivity contribution is 4.95. The van der Waals surface area contributed by atoms with Gasteiger partial charge in [-0.05, 0) is 43.9 Å². The Kier molecular flexibility index (Phi) is 7.46. The summed E-state index contributed by atoms with van der Waals surface area (Å²) in [4.78, 5) is 0. The van der Waals surface area contributed by atoms with Crippen LogP contribution in [-0.4, -0.2) is 0 Å². The van der Waals surface area contributed by atoms with Crippen LogP contribution in [0.25, 0.3) is 0 Å². The predicted molar refractivity (Wildman–Crippen MR) is 71.0 cm³/mol. The third kappa shape index (κ3) is 8.47. The molecule has 1 unspecified atom stereocenters. The SMILES string of the molecule is C=C(C)CCC(C=CCC(C)C)C(C)C. The van der Waals surface area contributed by atoms with Crippen LogP contribution in [0.15, 0.2) is 24.3 Å². The van der Waals surface area contributed by atoms with Crippen molar-refractivity contribution in [2.75, 3.05) is 0 Å². The molecule has 88 valence electrons. The lowest BCUT2D eigenvalue weighted by Crippen LogP contribution is -2.05. The molecule has 0 aliphatic rings. The number of allylic oxidation sites excluding steroid dienone is 3. The Balaban J connectivity index is 4.04. The molecule has 0 aromatic heterocycles.